The van der Waals surface area contributed by atoms with Crippen molar-refractivity contribution in [2.45, 2.75) is 0 Å². The molecular weight excluding hydrogens is 469 g/mol. The van der Waals surface area contributed by atoms with Gasteiger partial charge in [0.2, 0.25) is 0 Å². The molecule has 0 amide bonds. The van der Waals surface area contributed by atoms with Gasteiger partial charge in [0, 0.05) is 60.3 Å². The zero-order valence-electron chi connectivity index (χ0n) is 20.3. The van der Waals surface area contributed by atoms with E-state index in [9.17, 15) is 4.39 Å². The van der Waals surface area contributed by atoms with Crippen molar-refractivity contribution in [2.75, 3.05) is 32.5 Å². The summed E-state index contributed by atoms with van der Waals surface area (Å²) in [7, 11) is 3.99. The number of aromatic nitrogens is 7. The van der Waals surface area contributed by atoms with Crippen LogP contribution in [0, 0.1) is 5.82 Å². The van der Waals surface area contributed by atoms with E-state index in [1.54, 1.807) is 24.8 Å². The monoisotopic (exact) mass is 493 g/mol. The van der Waals surface area contributed by atoms with Crippen LogP contribution in [0.2, 0.25) is 0 Å². The van der Waals surface area contributed by atoms with Crippen LogP contribution in [0.4, 0.5) is 10.1 Å². The molecule has 6 rings (SSSR count). The van der Waals surface area contributed by atoms with Crippen molar-refractivity contribution in [1.29, 1.82) is 0 Å². The predicted octanol–water partition coefficient (Wildman–Crippen LogP) is 4.74. The third-order valence-electron chi connectivity index (χ3n) is 6.10. The second-order valence-corrected chi connectivity index (χ2v) is 9.04. The van der Waals surface area contributed by atoms with Crippen LogP contribution in [-0.2, 0) is 0 Å². The third kappa shape index (κ3) is 4.50. The summed E-state index contributed by atoms with van der Waals surface area (Å²) in [5.74, 6) is 0.255. The Morgan fingerprint density at radius 2 is 1.89 bits per heavy atom. The molecule has 6 aromatic rings. The van der Waals surface area contributed by atoms with E-state index in [1.807, 2.05) is 44.4 Å². The average Bonchev–Trinajstić information content (AvgIpc) is 3.52. The lowest BCUT2D eigenvalue weighted by molar-refractivity contribution is 0.425. The van der Waals surface area contributed by atoms with Crippen molar-refractivity contribution < 1.29 is 4.39 Å². The van der Waals surface area contributed by atoms with Crippen molar-refractivity contribution in [3.8, 4) is 33.9 Å². The zero-order chi connectivity index (χ0) is 25.4. The molecule has 10 heteroatoms. The highest BCUT2D eigenvalue weighted by Crippen LogP contribution is 2.32. The van der Waals surface area contributed by atoms with E-state index in [0.717, 1.165) is 28.6 Å². The maximum Gasteiger partial charge on any atom is 0.181 e. The molecule has 0 aliphatic carbocycles. The molecule has 0 atom stereocenters. The first-order valence-electron chi connectivity index (χ1n) is 11.8. The minimum Gasteiger partial charge on any atom is -0.384 e. The summed E-state index contributed by atoms with van der Waals surface area (Å²) in [6.07, 6.45) is 7.00. The Morgan fingerprint density at radius 1 is 0.973 bits per heavy atom. The molecule has 5 aromatic heterocycles. The van der Waals surface area contributed by atoms with Crippen molar-refractivity contribution in [1.82, 2.24) is 40.0 Å². The third-order valence-corrected chi connectivity index (χ3v) is 6.10. The Balaban J connectivity index is 1.41. The number of pyridine rings is 3. The van der Waals surface area contributed by atoms with Crippen LogP contribution in [0.1, 0.15) is 0 Å². The van der Waals surface area contributed by atoms with Crippen molar-refractivity contribution >= 4 is 27.8 Å². The lowest BCUT2D eigenvalue weighted by Crippen LogP contribution is -2.20. The van der Waals surface area contributed by atoms with Gasteiger partial charge in [0.25, 0.3) is 0 Å². The van der Waals surface area contributed by atoms with Crippen molar-refractivity contribution in [2.24, 2.45) is 0 Å². The van der Waals surface area contributed by atoms with E-state index >= 15 is 0 Å². The van der Waals surface area contributed by atoms with Gasteiger partial charge in [-0.1, -0.05) is 6.07 Å². The molecule has 1 aromatic carbocycles. The summed E-state index contributed by atoms with van der Waals surface area (Å²) < 4.78 is 14.5. The van der Waals surface area contributed by atoms with Gasteiger partial charge < -0.3 is 15.2 Å². The van der Waals surface area contributed by atoms with Crippen LogP contribution >= 0.6 is 0 Å². The van der Waals surface area contributed by atoms with Gasteiger partial charge in [-0.05, 0) is 50.5 Å². The molecule has 0 aliphatic heterocycles. The minimum absolute atomic E-state index is 0.340. The number of hydrogen-bond acceptors (Lipinski definition) is 7. The molecule has 0 aliphatic rings. The van der Waals surface area contributed by atoms with Crippen molar-refractivity contribution in [3.05, 3.63) is 73.1 Å². The fraction of sp³-hybridized carbons (Fsp3) is 0.148. The Hall–Kier alpha value is -4.70. The summed E-state index contributed by atoms with van der Waals surface area (Å²) in [5.41, 5.74) is 6.53. The van der Waals surface area contributed by atoms with Gasteiger partial charge in [0.05, 0.1) is 16.6 Å². The molecule has 5 heterocycles. The number of nitrogens with one attached hydrogen (secondary N) is 3. The predicted molar refractivity (Wildman–Crippen MR) is 142 cm³/mol. The number of H-pyrrole nitrogens is 2. The number of hydrogen-bond donors (Lipinski definition) is 3. The first-order valence-corrected chi connectivity index (χ1v) is 11.8. The molecule has 0 bridgehead atoms. The van der Waals surface area contributed by atoms with Crippen LogP contribution < -0.4 is 5.32 Å². The quantitative estimate of drug-likeness (QED) is 0.295. The van der Waals surface area contributed by atoms with E-state index in [-0.39, 0.29) is 5.82 Å². The fourth-order valence-corrected chi connectivity index (χ4v) is 4.29. The number of anilines is 1. The smallest absolute Gasteiger partial charge is 0.181 e. The highest BCUT2D eigenvalue weighted by molar-refractivity contribution is 5.96. The van der Waals surface area contributed by atoms with Gasteiger partial charge >= 0.3 is 0 Å². The summed E-state index contributed by atoms with van der Waals surface area (Å²) in [6, 6.07) is 12.6. The summed E-state index contributed by atoms with van der Waals surface area (Å²) in [5, 5.41) is 11.5. The molecule has 0 spiro atoms. The average molecular weight is 494 g/mol. The number of benzene rings is 1. The summed E-state index contributed by atoms with van der Waals surface area (Å²) >= 11 is 0. The maximum absolute atomic E-state index is 14.5. The van der Waals surface area contributed by atoms with Gasteiger partial charge in [-0.3, -0.25) is 15.1 Å². The molecule has 0 saturated heterocycles. The molecule has 0 unspecified atom stereocenters. The van der Waals surface area contributed by atoms with E-state index in [0.29, 0.717) is 46.2 Å². The maximum atomic E-state index is 14.5. The number of halogens is 1. The zero-order valence-corrected chi connectivity index (χ0v) is 20.3. The Morgan fingerprint density at radius 3 is 2.73 bits per heavy atom. The van der Waals surface area contributed by atoms with Crippen molar-refractivity contribution in [3.63, 3.8) is 0 Å². The highest BCUT2D eigenvalue weighted by Gasteiger charge is 2.17. The number of aromatic amines is 2. The van der Waals surface area contributed by atoms with Gasteiger partial charge in [-0.15, -0.1) is 0 Å². The number of likely N-dealkylation sites (N-methyl/N-ethyl adjacent to an activating group) is 1. The van der Waals surface area contributed by atoms with Gasteiger partial charge in [0.1, 0.15) is 17.0 Å². The van der Waals surface area contributed by atoms with Crippen LogP contribution in [0.25, 0.3) is 56.0 Å². The van der Waals surface area contributed by atoms with E-state index in [1.165, 1.54) is 12.1 Å². The molecule has 9 nitrogen and oxygen atoms in total. The molecular formula is C27H24FN9. The SMILES string of the molecule is CN(C)CCNc1cc(F)cc(-c2nccc3[nH]c(-c4[nH]nc5ncc(-c6cccnc6)cc45)nc23)c1. The largest absolute Gasteiger partial charge is 0.384 e. The summed E-state index contributed by atoms with van der Waals surface area (Å²) in [4.78, 5) is 23.5. The number of rotatable bonds is 7. The van der Waals surface area contributed by atoms with Gasteiger partial charge in [-0.25, -0.2) is 14.4 Å². The Labute approximate surface area is 211 Å². The minimum atomic E-state index is -0.340. The normalized spacial score (nSPS) is 11.6. The lowest BCUT2D eigenvalue weighted by atomic mass is 10.1. The standard InChI is InChI=1S/C27H24FN9/c1-37(2)9-8-30-20-11-17(10-19(28)13-20)23-25-22(5-7-31-23)33-27(34-25)24-21-12-18(15-32-26(21)36-35-24)16-4-3-6-29-14-16/h3-7,10-15,30H,8-9H2,1-2H3,(H,33,34)(H,32,35,36). The number of fused-ring (bicyclic) bond motifs is 2. The second kappa shape index (κ2) is 9.40. The number of imidazole rings is 1. The lowest BCUT2D eigenvalue weighted by Gasteiger charge is -2.12. The highest BCUT2D eigenvalue weighted by atomic mass is 19.1. The van der Waals surface area contributed by atoms with E-state index < -0.39 is 0 Å². The van der Waals surface area contributed by atoms with Gasteiger partial charge in [-0.2, -0.15) is 5.10 Å². The molecule has 37 heavy (non-hydrogen) atoms. The van der Waals surface area contributed by atoms with Crippen LogP contribution in [0.15, 0.2) is 67.3 Å². The number of nitrogens with zero attached hydrogens (tertiary/aromatic N) is 6. The second-order valence-electron chi connectivity index (χ2n) is 9.04. The van der Waals surface area contributed by atoms with E-state index in [2.05, 4.69) is 40.3 Å². The van der Waals surface area contributed by atoms with Gasteiger partial charge in [0.15, 0.2) is 11.5 Å². The fourth-order valence-electron chi connectivity index (χ4n) is 4.29. The molecule has 0 saturated carbocycles. The Bertz CT molecular complexity index is 1710. The topological polar surface area (TPSA) is 111 Å². The first kappa shape index (κ1) is 22.7. The van der Waals surface area contributed by atoms with E-state index in [4.69, 9.17) is 4.98 Å². The molecule has 0 radical (unpaired) electrons. The van der Waals surface area contributed by atoms with Crippen LogP contribution in [0.5, 0.6) is 0 Å². The molecule has 0 fully saturated rings. The molecule has 184 valence electrons. The van der Waals surface area contributed by atoms with Crippen LogP contribution in [0.3, 0.4) is 0 Å². The van der Waals surface area contributed by atoms with Crippen LogP contribution in [-0.4, -0.2) is 67.2 Å². The Kier molecular flexibility index (Phi) is 5.78. The first-order chi connectivity index (χ1) is 18.0. The summed E-state index contributed by atoms with van der Waals surface area (Å²) in [6.45, 7) is 1.53. The molecule has 3 N–H and O–H groups in total.